The van der Waals surface area contributed by atoms with E-state index in [4.69, 9.17) is 0 Å². The Morgan fingerprint density at radius 2 is 1.95 bits per heavy atom. The largest absolute Gasteiger partial charge is 0.359 e. The van der Waals surface area contributed by atoms with Crippen molar-refractivity contribution in [2.45, 2.75) is 12.5 Å². The third-order valence-corrected chi connectivity index (χ3v) is 4.49. The van der Waals surface area contributed by atoms with Crippen molar-refractivity contribution < 1.29 is 0 Å². The number of hydrogen-bond acceptors (Lipinski definition) is 4. The lowest BCUT2D eigenvalue weighted by Gasteiger charge is -2.43. The number of hydrogen-bond donors (Lipinski definition) is 0. The second-order valence-electron chi connectivity index (χ2n) is 5.90. The van der Waals surface area contributed by atoms with Crippen molar-refractivity contribution in [3.05, 3.63) is 54.4 Å². The van der Waals surface area contributed by atoms with Crippen LogP contribution in [0.1, 0.15) is 5.69 Å². The highest BCUT2D eigenvalue weighted by atomic mass is 15.3. The van der Waals surface area contributed by atoms with Crippen molar-refractivity contribution >= 4 is 17.6 Å². The van der Waals surface area contributed by atoms with Gasteiger partial charge < -0.3 is 4.90 Å². The smallest absolute Gasteiger partial charge is 0.0860 e. The summed E-state index contributed by atoms with van der Waals surface area (Å²) in [6.45, 7) is 4.28. The average molecular weight is 292 g/mol. The third kappa shape index (κ3) is 2.62. The summed E-state index contributed by atoms with van der Waals surface area (Å²) in [5.74, 6) is 0. The molecule has 22 heavy (non-hydrogen) atoms. The highest BCUT2D eigenvalue weighted by Gasteiger charge is 2.29. The summed E-state index contributed by atoms with van der Waals surface area (Å²) in [5.41, 5.74) is 3.55. The highest BCUT2D eigenvalue weighted by Crippen LogP contribution is 2.33. The fourth-order valence-corrected chi connectivity index (χ4v) is 3.30. The minimum atomic E-state index is 0.396. The molecule has 1 atom stereocenters. The summed E-state index contributed by atoms with van der Waals surface area (Å²) in [4.78, 5) is 14.0. The van der Waals surface area contributed by atoms with Gasteiger partial charge in [-0.05, 0) is 24.3 Å². The zero-order chi connectivity index (χ0) is 14.8. The number of nitrogens with zero attached hydrogens (tertiary/aromatic N) is 4. The van der Waals surface area contributed by atoms with Crippen LogP contribution >= 0.6 is 0 Å². The van der Waals surface area contributed by atoms with E-state index >= 15 is 0 Å². The maximum atomic E-state index is 4.62. The molecule has 0 N–H and O–H groups in total. The number of aliphatic imine (C=N–C) groups is 1. The first-order chi connectivity index (χ1) is 10.9. The van der Waals surface area contributed by atoms with Gasteiger partial charge in [-0.3, -0.25) is 14.9 Å². The lowest BCUT2D eigenvalue weighted by Crippen LogP contribution is -2.55. The predicted octanol–water partition coefficient (Wildman–Crippen LogP) is 2.53. The second kappa shape index (κ2) is 5.89. The van der Waals surface area contributed by atoms with Gasteiger partial charge in [0, 0.05) is 50.7 Å². The normalized spacial score (nSPS) is 20.5. The molecule has 2 aliphatic rings. The van der Waals surface area contributed by atoms with Gasteiger partial charge in [0.25, 0.3) is 0 Å². The summed E-state index contributed by atoms with van der Waals surface area (Å²) in [6.07, 6.45) is 4.99. The van der Waals surface area contributed by atoms with Crippen molar-refractivity contribution in [2.75, 3.05) is 31.1 Å². The second-order valence-corrected chi connectivity index (χ2v) is 5.90. The number of anilines is 1. The zero-order valence-electron chi connectivity index (χ0n) is 12.6. The van der Waals surface area contributed by atoms with E-state index in [1.165, 1.54) is 11.4 Å². The van der Waals surface area contributed by atoms with Crippen molar-refractivity contribution in [1.29, 1.82) is 0 Å². The molecular formula is C18H20N4. The quantitative estimate of drug-likeness (QED) is 0.871. The number of aromatic nitrogens is 1. The Kier molecular flexibility index (Phi) is 3.60. The molecule has 1 unspecified atom stereocenters. The van der Waals surface area contributed by atoms with E-state index in [2.05, 4.69) is 62.4 Å². The molecule has 4 rings (SSSR count). The molecule has 0 bridgehead atoms. The standard InChI is InChI=1S/C18H20N4/c1-2-7-18-17(6-1)20-13-16-14-21(11-12-22(16)18)10-8-15-5-3-4-9-19-15/h1-7,9,13,16H,8,10-12,14H2. The molecule has 4 heteroatoms. The van der Waals surface area contributed by atoms with E-state index in [0.717, 1.165) is 38.3 Å². The minimum absolute atomic E-state index is 0.396. The summed E-state index contributed by atoms with van der Waals surface area (Å²) >= 11 is 0. The Morgan fingerprint density at radius 3 is 2.86 bits per heavy atom. The van der Waals surface area contributed by atoms with E-state index in [-0.39, 0.29) is 0 Å². The molecule has 112 valence electrons. The molecule has 2 aromatic rings. The number of fused-ring (bicyclic) bond motifs is 3. The van der Waals surface area contributed by atoms with E-state index in [1.54, 1.807) is 0 Å². The first-order valence-electron chi connectivity index (χ1n) is 7.92. The summed E-state index contributed by atoms with van der Waals surface area (Å²) in [7, 11) is 0. The summed E-state index contributed by atoms with van der Waals surface area (Å²) < 4.78 is 0. The van der Waals surface area contributed by atoms with Crippen LogP contribution in [0.5, 0.6) is 0 Å². The Morgan fingerprint density at radius 1 is 1.05 bits per heavy atom. The third-order valence-electron chi connectivity index (χ3n) is 4.49. The summed E-state index contributed by atoms with van der Waals surface area (Å²) in [5, 5.41) is 0. The van der Waals surface area contributed by atoms with Gasteiger partial charge >= 0.3 is 0 Å². The van der Waals surface area contributed by atoms with Gasteiger partial charge in [0.05, 0.1) is 17.4 Å². The van der Waals surface area contributed by atoms with E-state index in [0.29, 0.717) is 6.04 Å². The average Bonchev–Trinajstić information content (AvgIpc) is 2.60. The van der Waals surface area contributed by atoms with Gasteiger partial charge in [0.1, 0.15) is 0 Å². The lowest BCUT2D eigenvalue weighted by molar-refractivity contribution is 0.246. The lowest BCUT2D eigenvalue weighted by atomic mass is 10.1. The van der Waals surface area contributed by atoms with Crippen molar-refractivity contribution in [2.24, 2.45) is 4.99 Å². The first kappa shape index (κ1) is 13.5. The van der Waals surface area contributed by atoms with Crippen LogP contribution in [0, 0.1) is 0 Å². The molecule has 0 radical (unpaired) electrons. The number of benzene rings is 1. The Hall–Kier alpha value is -2.20. The predicted molar refractivity (Wildman–Crippen MR) is 90.1 cm³/mol. The van der Waals surface area contributed by atoms with Crippen LogP contribution in [0.3, 0.4) is 0 Å². The first-order valence-corrected chi connectivity index (χ1v) is 7.92. The molecule has 4 nitrogen and oxygen atoms in total. The topological polar surface area (TPSA) is 31.7 Å². The van der Waals surface area contributed by atoms with Gasteiger partial charge in [-0.2, -0.15) is 0 Å². The fourth-order valence-electron chi connectivity index (χ4n) is 3.30. The van der Waals surface area contributed by atoms with E-state index < -0.39 is 0 Å². The van der Waals surface area contributed by atoms with E-state index in [1.807, 2.05) is 12.3 Å². The highest BCUT2D eigenvalue weighted by molar-refractivity contribution is 5.84. The fraction of sp³-hybridized carbons (Fsp3) is 0.333. The molecular weight excluding hydrogens is 272 g/mol. The van der Waals surface area contributed by atoms with Gasteiger partial charge in [0.15, 0.2) is 0 Å². The Labute approximate surface area is 131 Å². The molecule has 1 aromatic carbocycles. The maximum Gasteiger partial charge on any atom is 0.0860 e. The van der Waals surface area contributed by atoms with Crippen LogP contribution in [-0.4, -0.2) is 48.3 Å². The van der Waals surface area contributed by atoms with E-state index in [9.17, 15) is 0 Å². The number of rotatable bonds is 3. The van der Waals surface area contributed by atoms with Crippen LogP contribution in [0.15, 0.2) is 53.7 Å². The monoisotopic (exact) mass is 292 g/mol. The number of piperazine rings is 1. The molecule has 0 aliphatic carbocycles. The SMILES string of the molecule is C1=Nc2ccccc2N2CCN(CCc3ccccn3)CC12. The van der Waals surface area contributed by atoms with Crippen molar-refractivity contribution in [3.63, 3.8) is 0 Å². The Balaban J connectivity index is 1.41. The molecule has 0 spiro atoms. The van der Waals surface area contributed by atoms with Gasteiger partial charge in [-0.15, -0.1) is 0 Å². The van der Waals surface area contributed by atoms with Crippen molar-refractivity contribution in [1.82, 2.24) is 9.88 Å². The van der Waals surface area contributed by atoms with Crippen LogP contribution in [0.4, 0.5) is 11.4 Å². The molecule has 1 saturated heterocycles. The van der Waals surface area contributed by atoms with Gasteiger partial charge in [-0.1, -0.05) is 18.2 Å². The molecule has 2 aliphatic heterocycles. The molecule has 0 amide bonds. The van der Waals surface area contributed by atoms with Crippen LogP contribution in [0.25, 0.3) is 0 Å². The minimum Gasteiger partial charge on any atom is -0.359 e. The van der Waals surface area contributed by atoms with Gasteiger partial charge in [0.2, 0.25) is 0 Å². The molecule has 0 saturated carbocycles. The maximum absolute atomic E-state index is 4.62. The molecule has 1 fully saturated rings. The summed E-state index contributed by atoms with van der Waals surface area (Å²) in [6, 6.07) is 15.0. The number of pyridine rings is 1. The van der Waals surface area contributed by atoms with Crippen LogP contribution in [0.2, 0.25) is 0 Å². The molecule has 3 heterocycles. The zero-order valence-corrected chi connectivity index (χ0v) is 12.6. The Bertz CT molecular complexity index is 668. The van der Waals surface area contributed by atoms with Crippen molar-refractivity contribution in [3.8, 4) is 0 Å². The molecule has 1 aromatic heterocycles. The van der Waals surface area contributed by atoms with Crippen LogP contribution < -0.4 is 4.90 Å². The van der Waals surface area contributed by atoms with Crippen LogP contribution in [-0.2, 0) is 6.42 Å². The van der Waals surface area contributed by atoms with Gasteiger partial charge in [-0.25, -0.2) is 0 Å². The number of para-hydroxylation sites is 2.